The first-order chi connectivity index (χ1) is 25.6. The van der Waals surface area contributed by atoms with Crippen molar-refractivity contribution in [3.8, 4) is 28.0 Å². The summed E-state index contributed by atoms with van der Waals surface area (Å²) in [6, 6.07) is 11.7. The van der Waals surface area contributed by atoms with E-state index >= 15 is 0 Å². The zero-order valence-electron chi connectivity index (χ0n) is 33.2. The predicted molar refractivity (Wildman–Crippen MR) is 223 cm³/mol. The van der Waals surface area contributed by atoms with Gasteiger partial charge < -0.3 is 14.6 Å². The van der Waals surface area contributed by atoms with Gasteiger partial charge in [-0.25, -0.2) is 4.79 Å². The van der Waals surface area contributed by atoms with Gasteiger partial charge in [-0.05, 0) is 43.2 Å². The number of hydrogen-bond acceptors (Lipinski definition) is 5. The summed E-state index contributed by atoms with van der Waals surface area (Å²) in [5.41, 5.74) is 0.697. The molecule has 0 spiro atoms. The molecule has 1 N–H and O–H groups in total. The molecule has 292 valence electrons. The second-order valence-electron chi connectivity index (χ2n) is 14.7. The molecular weight excluding hydrogens is 663 g/mol. The molecule has 0 aliphatic heterocycles. The molecule has 1 heterocycles. The normalized spacial score (nSPS) is 11.5. The molecule has 1 aromatic carbocycles. The van der Waals surface area contributed by atoms with Crippen molar-refractivity contribution < 1.29 is 19.4 Å². The number of unbranched alkanes of at least 4 members (excludes halogenated alkanes) is 26. The highest BCUT2D eigenvalue weighted by atomic mass is 32.1. The van der Waals surface area contributed by atoms with Crippen LogP contribution in [-0.4, -0.2) is 24.3 Å². The number of thiophene rings is 1. The van der Waals surface area contributed by atoms with Crippen molar-refractivity contribution in [3.63, 3.8) is 0 Å². The van der Waals surface area contributed by atoms with Gasteiger partial charge in [0.15, 0.2) is 0 Å². The third-order valence-electron chi connectivity index (χ3n) is 10.0. The van der Waals surface area contributed by atoms with Gasteiger partial charge in [0.25, 0.3) is 0 Å². The zero-order valence-corrected chi connectivity index (χ0v) is 34.0. The topological polar surface area (TPSA) is 79.5 Å². The van der Waals surface area contributed by atoms with Crippen LogP contribution < -0.4 is 9.47 Å². The molecule has 0 saturated heterocycles. The van der Waals surface area contributed by atoms with Crippen molar-refractivity contribution in [3.05, 3.63) is 40.8 Å². The summed E-state index contributed by atoms with van der Waals surface area (Å²) in [5, 5.41) is 18.5. The Balaban J connectivity index is 1.74. The third kappa shape index (κ3) is 22.3. The maximum atomic E-state index is 11.4. The number of carboxylic acids is 1. The molecule has 0 radical (unpaired) electrons. The Morgan fingerprint density at radius 3 is 1.46 bits per heavy atom. The van der Waals surface area contributed by atoms with Crippen LogP contribution in [0, 0.1) is 11.3 Å². The van der Waals surface area contributed by atoms with Crippen LogP contribution in [-0.2, 0) is 4.79 Å². The number of rotatable bonds is 35. The summed E-state index contributed by atoms with van der Waals surface area (Å²) in [6.45, 7) is 5.92. The minimum Gasteiger partial charge on any atom is -0.493 e. The molecule has 6 heteroatoms. The van der Waals surface area contributed by atoms with Crippen molar-refractivity contribution >= 4 is 23.4 Å². The van der Waals surface area contributed by atoms with Crippen molar-refractivity contribution in [2.75, 3.05) is 13.2 Å². The Bertz CT molecular complexity index is 1250. The van der Waals surface area contributed by atoms with Gasteiger partial charge in [-0.1, -0.05) is 181 Å². The summed E-state index contributed by atoms with van der Waals surface area (Å²) in [7, 11) is 0. The maximum Gasteiger partial charge on any atom is 0.346 e. The van der Waals surface area contributed by atoms with Crippen LogP contribution in [0.3, 0.4) is 0 Å². The number of aliphatic carboxylic acids is 1. The van der Waals surface area contributed by atoms with Crippen LogP contribution in [0.15, 0.2) is 35.9 Å². The van der Waals surface area contributed by atoms with Crippen LogP contribution in [0.2, 0.25) is 0 Å². The van der Waals surface area contributed by atoms with Crippen molar-refractivity contribution in [2.24, 2.45) is 0 Å². The second kappa shape index (κ2) is 31.7. The number of carbonyl (C=O) groups is 1. The summed E-state index contributed by atoms with van der Waals surface area (Å²) in [5.74, 6) is 0.406. The molecule has 52 heavy (non-hydrogen) atoms. The van der Waals surface area contributed by atoms with Gasteiger partial charge in [0, 0.05) is 21.4 Å². The van der Waals surface area contributed by atoms with E-state index in [4.69, 9.17) is 9.47 Å². The standard InChI is InChI=1S/C46H73NO4S/c1-3-5-7-9-11-13-15-17-19-21-23-25-27-29-35-50-41-31-33-43(45-34-32-42(52-45)37-40(39-47)46(48)49)44(38-41)51-36-30-28-26-24-22-20-18-16-14-12-10-8-6-4-2/h31-34,37-38H,3-30,35-36H2,1-2H3,(H,48,49). The Labute approximate surface area is 322 Å². The largest absolute Gasteiger partial charge is 0.493 e. The zero-order chi connectivity index (χ0) is 37.3. The lowest BCUT2D eigenvalue weighted by Gasteiger charge is -2.14. The highest BCUT2D eigenvalue weighted by molar-refractivity contribution is 7.16. The van der Waals surface area contributed by atoms with E-state index in [1.165, 1.54) is 184 Å². The molecule has 1 aromatic heterocycles. The molecule has 5 nitrogen and oxygen atoms in total. The van der Waals surface area contributed by atoms with Crippen molar-refractivity contribution in [1.29, 1.82) is 5.26 Å². The summed E-state index contributed by atoms with van der Waals surface area (Å²) in [4.78, 5) is 13.1. The van der Waals surface area contributed by atoms with Crippen molar-refractivity contribution in [1.82, 2.24) is 0 Å². The van der Waals surface area contributed by atoms with Gasteiger partial charge in [0.05, 0.1) is 13.2 Å². The van der Waals surface area contributed by atoms with E-state index < -0.39 is 5.97 Å². The Morgan fingerprint density at radius 2 is 1.04 bits per heavy atom. The first-order valence-corrected chi connectivity index (χ1v) is 22.3. The molecule has 2 aromatic rings. The Hall–Kier alpha value is -2.78. The summed E-state index contributed by atoms with van der Waals surface area (Å²) < 4.78 is 12.6. The van der Waals surface area contributed by atoms with Crippen LogP contribution in [0.4, 0.5) is 0 Å². The lowest BCUT2D eigenvalue weighted by Crippen LogP contribution is -2.01. The first-order valence-electron chi connectivity index (χ1n) is 21.4. The molecular formula is C46H73NO4S. The molecule has 0 saturated carbocycles. The van der Waals surface area contributed by atoms with Gasteiger partial charge in [-0.3, -0.25) is 0 Å². The smallest absolute Gasteiger partial charge is 0.346 e. The highest BCUT2D eigenvalue weighted by Gasteiger charge is 2.13. The third-order valence-corrected chi connectivity index (χ3v) is 11.1. The van der Waals surface area contributed by atoms with E-state index in [0.717, 1.165) is 39.7 Å². The molecule has 0 bridgehead atoms. The lowest BCUT2D eigenvalue weighted by atomic mass is 10.0. The minimum absolute atomic E-state index is 0.269. The van der Waals surface area contributed by atoms with Crippen LogP contribution in [0.5, 0.6) is 11.5 Å². The van der Waals surface area contributed by atoms with Crippen LogP contribution in [0.25, 0.3) is 16.5 Å². The number of hydrogen-bond donors (Lipinski definition) is 1. The SMILES string of the molecule is CCCCCCCCCCCCCCCCOc1ccc(-c2ccc(C=C(C#N)C(=O)O)s2)c(OCCCCCCCCCCCCCCCC)c1. The second-order valence-corrected chi connectivity index (χ2v) is 15.8. The van der Waals surface area contributed by atoms with E-state index in [1.54, 1.807) is 6.07 Å². The molecule has 0 amide bonds. The van der Waals surface area contributed by atoms with Gasteiger partial charge in [0.2, 0.25) is 0 Å². The van der Waals surface area contributed by atoms with Gasteiger partial charge >= 0.3 is 5.97 Å². The molecule has 0 aliphatic rings. The summed E-state index contributed by atoms with van der Waals surface area (Å²) in [6.07, 6.45) is 38.8. The minimum atomic E-state index is -1.21. The quantitative estimate of drug-likeness (QED) is 0.0433. The van der Waals surface area contributed by atoms with Crippen LogP contribution in [0.1, 0.15) is 199 Å². The summed E-state index contributed by atoms with van der Waals surface area (Å²) >= 11 is 1.46. The number of ether oxygens (including phenoxy) is 2. The fourth-order valence-electron chi connectivity index (χ4n) is 6.74. The van der Waals surface area contributed by atoms with E-state index in [9.17, 15) is 15.2 Å². The maximum absolute atomic E-state index is 11.4. The Morgan fingerprint density at radius 1 is 0.615 bits per heavy atom. The van der Waals surface area contributed by atoms with E-state index in [0.29, 0.717) is 13.2 Å². The fourth-order valence-corrected chi connectivity index (χ4v) is 7.72. The average Bonchev–Trinajstić information content (AvgIpc) is 3.62. The van der Waals surface area contributed by atoms with Crippen LogP contribution >= 0.6 is 11.3 Å². The van der Waals surface area contributed by atoms with E-state index in [2.05, 4.69) is 13.8 Å². The molecule has 0 atom stereocenters. The van der Waals surface area contributed by atoms with Crippen molar-refractivity contribution in [2.45, 2.75) is 194 Å². The van der Waals surface area contributed by atoms with Gasteiger partial charge in [0.1, 0.15) is 23.1 Å². The number of carboxylic acid groups (broad SMARTS) is 1. The van der Waals surface area contributed by atoms with Gasteiger partial charge in [-0.2, -0.15) is 5.26 Å². The highest BCUT2D eigenvalue weighted by Crippen LogP contribution is 2.38. The fraction of sp³-hybridized carbons (Fsp3) is 0.696. The lowest BCUT2D eigenvalue weighted by molar-refractivity contribution is -0.132. The van der Waals surface area contributed by atoms with Gasteiger partial charge in [-0.15, -0.1) is 11.3 Å². The number of nitrogens with zero attached hydrogens (tertiary/aromatic N) is 1. The first kappa shape index (κ1) is 45.4. The molecule has 0 aliphatic carbocycles. The molecule has 0 unspecified atom stereocenters. The monoisotopic (exact) mass is 736 g/mol. The number of nitriles is 1. The Kier molecular flexibility index (Phi) is 27.7. The average molecular weight is 736 g/mol. The van der Waals surface area contributed by atoms with E-state index in [1.807, 2.05) is 30.3 Å². The number of benzene rings is 1. The molecule has 0 fully saturated rings. The van der Waals surface area contributed by atoms with E-state index in [-0.39, 0.29) is 5.57 Å². The molecule has 2 rings (SSSR count). The predicted octanol–water partition coefficient (Wildman–Crippen LogP) is 15.1.